The summed E-state index contributed by atoms with van der Waals surface area (Å²) in [6, 6.07) is 3.62. The Bertz CT molecular complexity index is 1200. The summed E-state index contributed by atoms with van der Waals surface area (Å²) >= 11 is 0. The van der Waals surface area contributed by atoms with Crippen molar-refractivity contribution in [3.05, 3.63) is 47.8 Å². The van der Waals surface area contributed by atoms with Crippen molar-refractivity contribution in [2.45, 2.75) is 43.7 Å². The molecule has 3 aromatic rings. The fourth-order valence-corrected chi connectivity index (χ4v) is 4.04. The molecule has 1 saturated heterocycles. The van der Waals surface area contributed by atoms with E-state index >= 15 is 0 Å². The molecule has 4 heterocycles. The van der Waals surface area contributed by atoms with Gasteiger partial charge in [-0.1, -0.05) is 0 Å². The van der Waals surface area contributed by atoms with Gasteiger partial charge in [-0.25, -0.2) is 27.5 Å². The molecule has 2 fully saturated rings. The Kier molecular flexibility index (Phi) is 5.43. The molecule has 1 aliphatic carbocycles. The van der Waals surface area contributed by atoms with E-state index in [9.17, 15) is 22.4 Å². The maximum Gasteiger partial charge on any atom is 0.261 e. The molecule has 7 nitrogen and oxygen atoms in total. The summed E-state index contributed by atoms with van der Waals surface area (Å²) in [4.78, 5) is 20.8. The van der Waals surface area contributed by atoms with E-state index in [0.717, 1.165) is 25.5 Å². The maximum absolute atomic E-state index is 14.7. The number of amides is 1. The van der Waals surface area contributed by atoms with Crippen LogP contribution in [0.3, 0.4) is 0 Å². The number of hydrogen-bond acceptors (Lipinski definition) is 5. The number of nitrogens with one attached hydrogen (secondary N) is 3. The molecule has 0 aromatic carbocycles. The number of pyridine rings is 2. The van der Waals surface area contributed by atoms with Gasteiger partial charge < -0.3 is 16.0 Å². The molecule has 0 radical (unpaired) electrons. The summed E-state index contributed by atoms with van der Waals surface area (Å²) in [6.45, 7) is 1.55. The lowest BCUT2D eigenvalue weighted by Gasteiger charge is -2.24. The number of fused-ring (bicyclic) bond motifs is 1. The number of carbonyl (C=O) groups is 1. The fraction of sp³-hybridized carbons (Fsp3) is 0.409. The largest absolute Gasteiger partial charge is 0.364 e. The van der Waals surface area contributed by atoms with Gasteiger partial charge in [-0.05, 0) is 44.4 Å². The third kappa shape index (κ3) is 4.12. The van der Waals surface area contributed by atoms with Crippen LogP contribution in [0.2, 0.25) is 0 Å². The lowest BCUT2D eigenvalue weighted by molar-refractivity contribution is 0.0680. The van der Waals surface area contributed by atoms with Crippen LogP contribution in [0.5, 0.6) is 0 Å². The van der Waals surface area contributed by atoms with Gasteiger partial charge in [0.1, 0.15) is 16.9 Å². The molecule has 3 aromatic heterocycles. The lowest BCUT2D eigenvalue weighted by atomic mass is 10.1. The number of nitrogens with zero attached hydrogens (tertiary/aromatic N) is 3. The van der Waals surface area contributed by atoms with Gasteiger partial charge in [-0.15, -0.1) is 0 Å². The highest BCUT2D eigenvalue weighted by Gasteiger charge is 2.52. The van der Waals surface area contributed by atoms with Gasteiger partial charge in [0, 0.05) is 30.4 Å². The Hall–Kier alpha value is -3.21. The molecule has 33 heavy (non-hydrogen) atoms. The highest BCUT2D eigenvalue weighted by atomic mass is 19.3. The van der Waals surface area contributed by atoms with E-state index in [0.29, 0.717) is 12.2 Å². The topological polar surface area (TPSA) is 83.4 Å². The Labute approximate surface area is 186 Å². The molecule has 3 N–H and O–H groups in total. The molecule has 0 bridgehead atoms. The number of anilines is 1. The Balaban J connectivity index is 1.43. The van der Waals surface area contributed by atoms with Crippen LogP contribution in [0, 0.1) is 11.6 Å². The number of rotatable bonds is 6. The van der Waals surface area contributed by atoms with Crippen LogP contribution in [0.4, 0.5) is 23.4 Å². The third-order valence-electron chi connectivity index (χ3n) is 6.15. The van der Waals surface area contributed by atoms with Crippen molar-refractivity contribution in [1.29, 1.82) is 0 Å². The first-order valence-electron chi connectivity index (χ1n) is 10.8. The minimum absolute atomic E-state index is 0.0229. The van der Waals surface area contributed by atoms with Crippen molar-refractivity contribution in [1.82, 2.24) is 25.0 Å². The van der Waals surface area contributed by atoms with Crippen LogP contribution in [0.15, 0.2) is 30.6 Å². The Morgan fingerprint density at radius 3 is 2.76 bits per heavy atom. The van der Waals surface area contributed by atoms with Gasteiger partial charge in [-0.2, -0.15) is 0 Å². The summed E-state index contributed by atoms with van der Waals surface area (Å²) in [7, 11) is 0. The zero-order chi connectivity index (χ0) is 23.2. The molecule has 174 valence electrons. The summed E-state index contributed by atoms with van der Waals surface area (Å²) in [5, 5.41) is 8.64. The van der Waals surface area contributed by atoms with Crippen LogP contribution in [-0.4, -0.2) is 51.4 Å². The summed E-state index contributed by atoms with van der Waals surface area (Å²) in [5.41, 5.74) is -0.822. The average Bonchev–Trinajstić information content (AvgIpc) is 3.47. The second-order valence-electron chi connectivity index (χ2n) is 8.53. The molecular formula is C22H22F4N6O. The second-order valence-corrected chi connectivity index (χ2v) is 8.53. The molecule has 2 aliphatic rings. The van der Waals surface area contributed by atoms with E-state index in [1.807, 2.05) is 0 Å². The molecule has 1 saturated carbocycles. The van der Waals surface area contributed by atoms with Crippen molar-refractivity contribution in [2.75, 3.05) is 18.4 Å². The van der Waals surface area contributed by atoms with E-state index in [1.54, 1.807) is 0 Å². The number of hydrogen-bond donors (Lipinski definition) is 3. The fourth-order valence-electron chi connectivity index (χ4n) is 4.04. The van der Waals surface area contributed by atoms with E-state index in [1.165, 1.54) is 28.9 Å². The molecule has 5 rings (SSSR count). The van der Waals surface area contributed by atoms with Gasteiger partial charge in [-0.3, -0.25) is 9.20 Å². The van der Waals surface area contributed by atoms with Gasteiger partial charge in [0.2, 0.25) is 0 Å². The van der Waals surface area contributed by atoms with E-state index in [2.05, 4.69) is 25.9 Å². The monoisotopic (exact) mass is 462 g/mol. The minimum atomic E-state index is -2.64. The van der Waals surface area contributed by atoms with Crippen molar-refractivity contribution in [2.24, 2.45) is 0 Å². The third-order valence-corrected chi connectivity index (χ3v) is 6.15. The number of halogens is 4. The Morgan fingerprint density at radius 1 is 1.24 bits per heavy atom. The SMILES string of the molecule is O=C(NC1(C(F)F)CC1)c1ccn2c(-c3nc(NC4CCCNC4)c(F)cc3F)cnc2c1. The van der Waals surface area contributed by atoms with Gasteiger partial charge in [0.15, 0.2) is 17.5 Å². The van der Waals surface area contributed by atoms with E-state index in [-0.39, 0.29) is 41.7 Å². The first-order valence-corrected chi connectivity index (χ1v) is 10.8. The molecule has 1 atom stereocenters. The normalized spacial score (nSPS) is 19.6. The number of piperidine rings is 1. The van der Waals surface area contributed by atoms with Crippen molar-refractivity contribution in [3.8, 4) is 11.4 Å². The van der Waals surface area contributed by atoms with Gasteiger partial charge in [0.05, 0.1) is 11.9 Å². The smallest absolute Gasteiger partial charge is 0.261 e. The molecule has 0 spiro atoms. The first kappa shape index (κ1) is 21.6. The van der Waals surface area contributed by atoms with Crippen LogP contribution < -0.4 is 16.0 Å². The van der Waals surface area contributed by atoms with Crippen LogP contribution >= 0.6 is 0 Å². The highest BCUT2D eigenvalue weighted by molar-refractivity contribution is 5.96. The molecule has 1 aliphatic heterocycles. The van der Waals surface area contributed by atoms with Gasteiger partial charge in [0.25, 0.3) is 12.3 Å². The number of aromatic nitrogens is 3. The molecule has 1 unspecified atom stereocenters. The molecule has 1 amide bonds. The standard InChI is InChI=1S/C22H22F4N6O/c23-14-9-15(24)19(29-13-2-1-6-27-10-13)30-18(14)16-11-28-17-8-12(3-7-32(16)17)20(33)31-22(4-5-22)21(25)26/h3,7-9,11,13,21,27H,1-2,4-6,10H2,(H,29,30)(H,31,33). The Morgan fingerprint density at radius 2 is 2.06 bits per heavy atom. The highest BCUT2D eigenvalue weighted by Crippen LogP contribution is 2.41. The van der Waals surface area contributed by atoms with Gasteiger partial charge >= 0.3 is 0 Å². The van der Waals surface area contributed by atoms with Crippen molar-refractivity contribution >= 4 is 17.4 Å². The van der Waals surface area contributed by atoms with Crippen molar-refractivity contribution < 1.29 is 22.4 Å². The maximum atomic E-state index is 14.7. The zero-order valence-electron chi connectivity index (χ0n) is 17.5. The second kappa shape index (κ2) is 8.29. The predicted molar refractivity (Wildman–Crippen MR) is 113 cm³/mol. The number of alkyl halides is 2. The quantitative estimate of drug-likeness (QED) is 0.490. The summed E-state index contributed by atoms with van der Waals surface area (Å²) < 4.78 is 56.8. The van der Waals surface area contributed by atoms with Crippen LogP contribution in [0.25, 0.3) is 17.0 Å². The van der Waals surface area contributed by atoms with E-state index in [4.69, 9.17) is 0 Å². The zero-order valence-corrected chi connectivity index (χ0v) is 17.5. The lowest BCUT2D eigenvalue weighted by Crippen LogP contribution is -2.42. The number of imidazole rings is 1. The summed E-state index contributed by atoms with van der Waals surface area (Å²) in [6.07, 6.45) is 2.46. The van der Waals surface area contributed by atoms with E-state index < -0.39 is 29.5 Å². The minimum Gasteiger partial charge on any atom is -0.364 e. The molecule has 11 heteroatoms. The summed E-state index contributed by atoms with van der Waals surface area (Å²) in [5.74, 6) is -2.31. The molecular weight excluding hydrogens is 440 g/mol. The first-order chi connectivity index (χ1) is 15.9. The van der Waals surface area contributed by atoms with Crippen LogP contribution in [-0.2, 0) is 0 Å². The average molecular weight is 462 g/mol. The predicted octanol–water partition coefficient (Wildman–Crippen LogP) is 3.37. The van der Waals surface area contributed by atoms with Crippen LogP contribution in [0.1, 0.15) is 36.0 Å². The van der Waals surface area contributed by atoms with Crippen molar-refractivity contribution in [3.63, 3.8) is 0 Å². The number of carbonyl (C=O) groups excluding carboxylic acids is 1.